The summed E-state index contributed by atoms with van der Waals surface area (Å²) in [6, 6.07) is 19.4. The fourth-order valence-corrected chi connectivity index (χ4v) is 4.37. The van der Waals surface area contributed by atoms with Crippen LogP contribution in [0.5, 0.6) is 5.75 Å². The van der Waals surface area contributed by atoms with E-state index >= 15 is 0 Å². The normalized spacial score (nSPS) is 11.7. The molecule has 0 aliphatic carbocycles. The van der Waals surface area contributed by atoms with Gasteiger partial charge in [0.05, 0.1) is 30.1 Å². The molecule has 0 amide bonds. The molecular weight excluding hydrogens is 620 g/mol. The number of hydrazone groups is 1. The SMILES string of the molecule is CCN=C(N)N/N=C/c1ccc(OCc2n(C)cc[n+]2C)cc1.Cc1ccc(S(=O)(=O)O)cc1.Cc1ccc(S(=O)(=O)[O-])cc1. The van der Waals surface area contributed by atoms with Crippen LogP contribution in [0.3, 0.4) is 0 Å². The van der Waals surface area contributed by atoms with Crippen molar-refractivity contribution in [1.29, 1.82) is 0 Å². The first kappa shape index (κ1) is 36.6. The third-order valence-electron chi connectivity index (χ3n) is 5.93. The van der Waals surface area contributed by atoms with Gasteiger partial charge in [-0.2, -0.15) is 13.5 Å². The zero-order chi connectivity index (χ0) is 33.6. The van der Waals surface area contributed by atoms with Crippen molar-refractivity contribution in [2.24, 2.45) is 29.9 Å². The number of hydrogen-bond acceptors (Lipinski definition) is 8. The first-order valence-corrected chi connectivity index (χ1v) is 16.3. The lowest BCUT2D eigenvalue weighted by molar-refractivity contribution is -0.680. The Balaban J connectivity index is 0.000000266. The number of rotatable bonds is 8. The fourth-order valence-electron chi connectivity index (χ4n) is 3.42. The van der Waals surface area contributed by atoms with Crippen molar-refractivity contribution in [3.63, 3.8) is 0 Å². The minimum atomic E-state index is -4.27. The minimum absolute atomic E-state index is 0.0666. The molecule has 13 nitrogen and oxygen atoms in total. The smallest absolute Gasteiger partial charge is 0.294 e. The van der Waals surface area contributed by atoms with Crippen LogP contribution < -0.4 is 20.5 Å². The molecule has 4 aromatic rings. The second kappa shape index (κ2) is 17.1. The molecule has 0 radical (unpaired) electrons. The van der Waals surface area contributed by atoms with Crippen LogP contribution in [0.4, 0.5) is 0 Å². The first-order valence-electron chi connectivity index (χ1n) is 13.5. The molecule has 0 aliphatic rings. The Morgan fingerprint density at radius 1 is 0.978 bits per heavy atom. The zero-order valence-corrected chi connectivity index (χ0v) is 27.3. The molecule has 15 heteroatoms. The van der Waals surface area contributed by atoms with E-state index < -0.39 is 20.2 Å². The fraction of sp³-hybridized carbons (Fsp3) is 0.233. The van der Waals surface area contributed by atoms with Crippen LogP contribution >= 0.6 is 0 Å². The number of aromatic nitrogens is 2. The average molecular weight is 659 g/mol. The minimum Gasteiger partial charge on any atom is -0.744 e. The Morgan fingerprint density at radius 3 is 1.96 bits per heavy atom. The standard InChI is InChI=1S/C16H23N6O.2C7H8O3S/c1-4-18-16(17)20-19-11-13-5-7-14(8-6-13)23-12-15-21(2)9-10-22(15)3;2*1-6-2-4-7(5-3-6)11(8,9)10/h5-11H,4,12H2,1-3H3,(H3,17,18,20);2*2-5H,1H3,(H,8,9,10)/q+1;;/p-1/b19-11+;;. The van der Waals surface area contributed by atoms with Gasteiger partial charge in [-0.1, -0.05) is 35.4 Å². The molecule has 0 saturated heterocycles. The number of hydrogen-bond donors (Lipinski definition) is 3. The predicted molar refractivity (Wildman–Crippen MR) is 170 cm³/mol. The topological polar surface area (TPSA) is 192 Å². The summed E-state index contributed by atoms with van der Waals surface area (Å²) >= 11 is 0. The van der Waals surface area contributed by atoms with Gasteiger partial charge in [0, 0.05) is 6.54 Å². The molecule has 4 N–H and O–H groups in total. The van der Waals surface area contributed by atoms with Gasteiger partial charge in [-0.3, -0.25) is 9.55 Å². The molecule has 45 heavy (non-hydrogen) atoms. The van der Waals surface area contributed by atoms with E-state index in [0.717, 1.165) is 28.3 Å². The monoisotopic (exact) mass is 658 g/mol. The van der Waals surface area contributed by atoms with Crippen molar-refractivity contribution < 1.29 is 35.2 Å². The molecule has 3 aromatic carbocycles. The number of guanidine groups is 1. The van der Waals surface area contributed by atoms with E-state index in [1.165, 1.54) is 24.3 Å². The van der Waals surface area contributed by atoms with Crippen molar-refractivity contribution >= 4 is 32.4 Å². The number of aliphatic imine (C=N–C) groups is 1. The summed E-state index contributed by atoms with van der Waals surface area (Å²) in [6.07, 6.45) is 5.68. The number of benzene rings is 3. The van der Waals surface area contributed by atoms with Crippen LogP contribution in [0, 0.1) is 13.8 Å². The molecule has 0 saturated carbocycles. The second-order valence-electron chi connectivity index (χ2n) is 9.58. The number of aryl methyl sites for hydroxylation is 4. The highest BCUT2D eigenvalue weighted by molar-refractivity contribution is 7.86. The molecule has 1 heterocycles. The summed E-state index contributed by atoms with van der Waals surface area (Å²) in [4.78, 5) is 3.73. The molecule has 0 fully saturated rings. The Bertz CT molecular complexity index is 1690. The van der Waals surface area contributed by atoms with Crippen LogP contribution in [0.2, 0.25) is 0 Å². The highest BCUT2D eigenvalue weighted by Gasteiger charge is 2.11. The van der Waals surface area contributed by atoms with Crippen LogP contribution in [-0.2, 0) is 40.9 Å². The summed E-state index contributed by atoms with van der Waals surface area (Å²) in [6.45, 7) is 6.71. The summed E-state index contributed by atoms with van der Waals surface area (Å²) in [5.41, 5.74) is 11.1. The lowest BCUT2D eigenvalue weighted by Gasteiger charge is -2.05. The highest BCUT2D eigenvalue weighted by Crippen LogP contribution is 2.13. The van der Waals surface area contributed by atoms with Crippen LogP contribution in [0.25, 0.3) is 0 Å². The van der Waals surface area contributed by atoms with Gasteiger partial charge >= 0.3 is 0 Å². The van der Waals surface area contributed by atoms with E-state index in [2.05, 4.69) is 15.5 Å². The molecule has 0 spiro atoms. The van der Waals surface area contributed by atoms with Gasteiger partial charge in [0.2, 0.25) is 5.96 Å². The Morgan fingerprint density at radius 2 is 1.51 bits per heavy atom. The summed E-state index contributed by atoms with van der Waals surface area (Å²) in [5, 5.41) is 4.02. The van der Waals surface area contributed by atoms with E-state index in [-0.39, 0.29) is 9.79 Å². The van der Waals surface area contributed by atoms with Gasteiger partial charge in [0.1, 0.15) is 28.3 Å². The van der Waals surface area contributed by atoms with Gasteiger partial charge in [-0.15, -0.1) is 0 Å². The molecular formula is C30H38N6O7S2. The summed E-state index contributed by atoms with van der Waals surface area (Å²) in [7, 11) is -4.29. The van der Waals surface area contributed by atoms with Crippen molar-refractivity contribution in [2.75, 3.05) is 6.54 Å². The van der Waals surface area contributed by atoms with E-state index in [4.69, 9.17) is 15.0 Å². The third kappa shape index (κ3) is 13.3. The third-order valence-corrected chi connectivity index (χ3v) is 7.64. The number of nitrogens with one attached hydrogen (secondary N) is 1. The van der Waals surface area contributed by atoms with Crippen LogP contribution in [0.15, 0.2) is 105 Å². The van der Waals surface area contributed by atoms with E-state index in [1.54, 1.807) is 30.5 Å². The van der Waals surface area contributed by atoms with Gasteiger partial charge in [-0.25, -0.2) is 23.0 Å². The zero-order valence-electron chi connectivity index (χ0n) is 25.7. The molecule has 0 bridgehead atoms. The number of ether oxygens (including phenoxy) is 1. The second-order valence-corrected chi connectivity index (χ2v) is 12.4. The first-order chi connectivity index (χ1) is 21.1. The maximum atomic E-state index is 10.5. The molecule has 4 rings (SSSR count). The maximum absolute atomic E-state index is 10.5. The van der Waals surface area contributed by atoms with Gasteiger partial charge in [-0.05, 0) is 74.9 Å². The molecule has 0 aliphatic heterocycles. The molecule has 242 valence electrons. The largest absolute Gasteiger partial charge is 0.744 e. The van der Waals surface area contributed by atoms with E-state index in [0.29, 0.717) is 19.1 Å². The van der Waals surface area contributed by atoms with Gasteiger partial charge < -0.3 is 15.0 Å². The maximum Gasteiger partial charge on any atom is 0.294 e. The van der Waals surface area contributed by atoms with Crippen LogP contribution in [0.1, 0.15) is 29.4 Å². The van der Waals surface area contributed by atoms with Crippen LogP contribution in [-0.4, -0.2) is 49.2 Å². The van der Waals surface area contributed by atoms with Gasteiger partial charge in [0.15, 0.2) is 6.61 Å². The Kier molecular flexibility index (Phi) is 13.9. The van der Waals surface area contributed by atoms with Gasteiger partial charge in [0.25, 0.3) is 15.9 Å². The van der Waals surface area contributed by atoms with Crippen molar-refractivity contribution in [2.45, 2.75) is 37.2 Å². The lowest BCUT2D eigenvalue weighted by atomic mass is 10.2. The lowest BCUT2D eigenvalue weighted by Crippen LogP contribution is -2.32. The summed E-state index contributed by atoms with van der Waals surface area (Å²) < 4.78 is 70.6. The van der Waals surface area contributed by atoms with Crippen molar-refractivity contribution in [1.82, 2.24) is 9.99 Å². The highest BCUT2D eigenvalue weighted by atomic mass is 32.2. The Labute approximate surface area is 264 Å². The van der Waals surface area contributed by atoms with E-state index in [1.807, 2.05) is 80.7 Å². The molecule has 1 aromatic heterocycles. The van der Waals surface area contributed by atoms with Crippen molar-refractivity contribution in [3.05, 3.63) is 108 Å². The van der Waals surface area contributed by atoms with E-state index in [9.17, 15) is 21.4 Å². The number of nitrogens with zero attached hydrogens (tertiary/aromatic N) is 4. The average Bonchev–Trinajstić information content (AvgIpc) is 3.29. The molecule has 0 atom stereocenters. The van der Waals surface area contributed by atoms with Crippen molar-refractivity contribution in [3.8, 4) is 5.75 Å². The molecule has 0 unspecified atom stereocenters. The predicted octanol–water partition coefficient (Wildman–Crippen LogP) is 2.83. The number of nitrogens with two attached hydrogens (primary N) is 1. The number of imidazole rings is 1. The Hall–Kier alpha value is -4.57. The summed E-state index contributed by atoms with van der Waals surface area (Å²) in [5.74, 6) is 2.20. The quantitative estimate of drug-likeness (QED) is 0.0839.